The van der Waals surface area contributed by atoms with Crippen LogP contribution >= 0.6 is 0 Å². The lowest BCUT2D eigenvalue weighted by Crippen LogP contribution is -2.24. The molecule has 2 rings (SSSR count). The molecule has 7 heteroatoms. The molecule has 144 valence electrons. The van der Waals surface area contributed by atoms with Crippen molar-refractivity contribution < 1.29 is 23.9 Å². The molecule has 0 spiro atoms. The van der Waals surface area contributed by atoms with Gasteiger partial charge in [-0.3, -0.25) is 14.4 Å². The molecule has 1 aromatic heterocycles. The molecule has 0 saturated carbocycles. The lowest BCUT2D eigenvalue weighted by Gasteiger charge is -2.11. The van der Waals surface area contributed by atoms with Gasteiger partial charge in [-0.25, -0.2) is 0 Å². The Bertz CT molecular complexity index is 841. The summed E-state index contributed by atoms with van der Waals surface area (Å²) in [4.78, 5) is 35.4. The second-order valence-corrected chi connectivity index (χ2v) is 6.47. The van der Waals surface area contributed by atoms with Crippen molar-refractivity contribution in [3.05, 3.63) is 53.0 Å². The highest BCUT2D eigenvalue weighted by molar-refractivity contribution is 5.97. The number of nitrogens with one attached hydrogen (secondary N) is 2. The first-order valence-electron chi connectivity index (χ1n) is 8.78. The van der Waals surface area contributed by atoms with Crippen molar-refractivity contribution in [1.82, 2.24) is 5.32 Å². The van der Waals surface area contributed by atoms with Gasteiger partial charge in [0.1, 0.15) is 12.2 Å². The fourth-order valence-electron chi connectivity index (χ4n) is 2.55. The van der Waals surface area contributed by atoms with Crippen molar-refractivity contribution >= 4 is 23.5 Å². The molecule has 7 nitrogen and oxygen atoms in total. The van der Waals surface area contributed by atoms with Crippen LogP contribution in [-0.2, 0) is 22.6 Å². The van der Waals surface area contributed by atoms with Gasteiger partial charge in [0.05, 0.1) is 11.8 Å². The third kappa shape index (κ3) is 5.44. The molecule has 27 heavy (non-hydrogen) atoms. The fraction of sp³-hybridized carbons (Fsp3) is 0.350. The monoisotopic (exact) mass is 372 g/mol. The maximum atomic E-state index is 12.5. The Labute approximate surface area is 157 Å². The summed E-state index contributed by atoms with van der Waals surface area (Å²) in [7, 11) is 0. The number of carboxylic acids is 1. The largest absolute Gasteiger partial charge is 0.481 e. The van der Waals surface area contributed by atoms with E-state index in [1.54, 1.807) is 25.1 Å². The molecule has 0 radical (unpaired) electrons. The second kappa shape index (κ2) is 9.02. The molecule has 1 aromatic carbocycles. The van der Waals surface area contributed by atoms with E-state index in [2.05, 4.69) is 10.6 Å². The van der Waals surface area contributed by atoms with E-state index in [9.17, 15) is 14.4 Å². The van der Waals surface area contributed by atoms with E-state index >= 15 is 0 Å². The number of carbonyl (C=O) groups excluding carboxylic acids is 2. The summed E-state index contributed by atoms with van der Waals surface area (Å²) in [6.07, 6.45) is 1.77. The molecule has 0 aliphatic carbocycles. The standard InChI is InChI=1S/C20H24N2O5/c1-4-12(2)19(25)22-15-7-5-6-14(8-15)10-21-20(26)18-13(3)11-27-16(18)9-17(23)24/h5-8,11-12H,4,9-10H2,1-3H3,(H,21,26)(H,22,25)(H,23,24). The lowest BCUT2D eigenvalue weighted by molar-refractivity contribution is -0.136. The van der Waals surface area contributed by atoms with Crippen LogP contribution in [0.5, 0.6) is 0 Å². The number of amides is 2. The van der Waals surface area contributed by atoms with Crippen molar-refractivity contribution in [2.45, 2.75) is 40.2 Å². The Morgan fingerprint density at radius 3 is 2.67 bits per heavy atom. The SMILES string of the molecule is CCC(C)C(=O)Nc1cccc(CNC(=O)c2c(C)coc2CC(=O)O)c1. The van der Waals surface area contributed by atoms with Crippen LogP contribution in [0.4, 0.5) is 5.69 Å². The van der Waals surface area contributed by atoms with Crippen molar-refractivity contribution in [2.24, 2.45) is 5.92 Å². The Kier molecular flexibility index (Phi) is 6.76. The van der Waals surface area contributed by atoms with Gasteiger partial charge in [0, 0.05) is 23.7 Å². The van der Waals surface area contributed by atoms with Crippen molar-refractivity contribution in [3.8, 4) is 0 Å². The maximum absolute atomic E-state index is 12.5. The smallest absolute Gasteiger partial charge is 0.311 e. The van der Waals surface area contributed by atoms with Gasteiger partial charge in [-0.1, -0.05) is 26.0 Å². The topological polar surface area (TPSA) is 109 Å². The summed E-state index contributed by atoms with van der Waals surface area (Å²) in [5.74, 6) is -1.46. The molecule has 1 heterocycles. The van der Waals surface area contributed by atoms with E-state index in [0.29, 0.717) is 11.3 Å². The molecule has 0 saturated heterocycles. The number of hydrogen-bond donors (Lipinski definition) is 3. The van der Waals surface area contributed by atoms with E-state index in [0.717, 1.165) is 12.0 Å². The van der Waals surface area contributed by atoms with E-state index in [1.807, 2.05) is 19.9 Å². The summed E-state index contributed by atoms with van der Waals surface area (Å²) >= 11 is 0. The lowest BCUT2D eigenvalue weighted by atomic mass is 10.1. The summed E-state index contributed by atoms with van der Waals surface area (Å²) in [6, 6.07) is 7.21. The minimum Gasteiger partial charge on any atom is -0.481 e. The molecule has 0 fully saturated rings. The molecular weight excluding hydrogens is 348 g/mol. The van der Waals surface area contributed by atoms with Crippen LogP contribution in [0.25, 0.3) is 0 Å². The molecule has 2 aromatic rings. The van der Waals surface area contributed by atoms with E-state index < -0.39 is 11.9 Å². The highest BCUT2D eigenvalue weighted by Gasteiger charge is 2.20. The van der Waals surface area contributed by atoms with Gasteiger partial charge < -0.3 is 20.2 Å². The van der Waals surface area contributed by atoms with Crippen LogP contribution in [0.3, 0.4) is 0 Å². The average molecular weight is 372 g/mol. The number of anilines is 1. The molecule has 3 N–H and O–H groups in total. The number of carboxylic acid groups (broad SMARTS) is 1. The molecule has 0 aliphatic heterocycles. The van der Waals surface area contributed by atoms with Crippen LogP contribution in [-0.4, -0.2) is 22.9 Å². The predicted octanol–water partition coefficient (Wildman–Crippen LogP) is 3.13. The number of carbonyl (C=O) groups is 3. The summed E-state index contributed by atoms with van der Waals surface area (Å²) in [5.41, 5.74) is 2.31. The number of rotatable bonds is 8. The van der Waals surface area contributed by atoms with Gasteiger partial charge >= 0.3 is 5.97 Å². The quantitative estimate of drug-likeness (QED) is 0.660. The molecule has 1 unspecified atom stereocenters. The second-order valence-electron chi connectivity index (χ2n) is 6.47. The van der Waals surface area contributed by atoms with Gasteiger partial charge in [-0.2, -0.15) is 0 Å². The first-order valence-corrected chi connectivity index (χ1v) is 8.78. The molecule has 0 aliphatic rings. The third-order valence-electron chi connectivity index (χ3n) is 4.30. The van der Waals surface area contributed by atoms with Gasteiger partial charge in [-0.05, 0) is 31.0 Å². The fourth-order valence-corrected chi connectivity index (χ4v) is 2.55. The number of benzene rings is 1. The van der Waals surface area contributed by atoms with Crippen LogP contribution in [0, 0.1) is 12.8 Å². The number of hydrogen-bond acceptors (Lipinski definition) is 4. The Hall–Kier alpha value is -3.09. The van der Waals surface area contributed by atoms with Gasteiger partial charge in [0.25, 0.3) is 5.91 Å². The summed E-state index contributed by atoms with van der Waals surface area (Å²) in [6.45, 7) is 5.74. The Morgan fingerprint density at radius 1 is 1.26 bits per heavy atom. The summed E-state index contributed by atoms with van der Waals surface area (Å²) < 4.78 is 5.19. The van der Waals surface area contributed by atoms with Crippen LogP contribution < -0.4 is 10.6 Å². The molecule has 1 atom stereocenters. The molecular formula is C20H24N2O5. The Morgan fingerprint density at radius 2 is 2.00 bits per heavy atom. The first-order chi connectivity index (χ1) is 12.8. The first kappa shape index (κ1) is 20.2. The van der Waals surface area contributed by atoms with Crippen molar-refractivity contribution in [1.29, 1.82) is 0 Å². The van der Waals surface area contributed by atoms with Gasteiger partial charge in [0.2, 0.25) is 5.91 Å². The van der Waals surface area contributed by atoms with Crippen LogP contribution in [0.1, 0.15) is 47.5 Å². The van der Waals surface area contributed by atoms with E-state index in [4.69, 9.17) is 9.52 Å². The zero-order valence-corrected chi connectivity index (χ0v) is 15.7. The highest BCUT2D eigenvalue weighted by atomic mass is 16.4. The van der Waals surface area contributed by atoms with Crippen molar-refractivity contribution in [3.63, 3.8) is 0 Å². The minimum atomic E-state index is -1.07. The van der Waals surface area contributed by atoms with Crippen LogP contribution in [0.15, 0.2) is 34.9 Å². The summed E-state index contributed by atoms with van der Waals surface area (Å²) in [5, 5.41) is 14.5. The Balaban J connectivity index is 2.04. The third-order valence-corrected chi connectivity index (χ3v) is 4.30. The number of aryl methyl sites for hydroxylation is 1. The van der Waals surface area contributed by atoms with Crippen LogP contribution in [0.2, 0.25) is 0 Å². The minimum absolute atomic E-state index is 0.0500. The molecule has 0 bridgehead atoms. The predicted molar refractivity (Wildman–Crippen MR) is 100 cm³/mol. The zero-order valence-electron chi connectivity index (χ0n) is 15.7. The van der Waals surface area contributed by atoms with E-state index in [1.165, 1.54) is 6.26 Å². The highest BCUT2D eigenvalue weighted by Crippen LogP contribution is 2.18. The van der Waals surface area contributed by atoms with Crippen molar-refractivity contribution in [2.75, 3.05) is 5.32 Å². The zero-order chi connectivity index (χ0) is 20.0. The normalized spacial score (nSPS) is 11.7. The van der Waals surface area contributed by atoms with E-state index in [-0.39, 0.29) is 36.1 Å². The number of aliphatic carboxylic acids is 1. The van der Waals surface area contributed by atoms with Gasteiger partial charge in [-0.15, -0.1) is 0 Å². The van der Waals surface area contributed by atoms with Gasteiger partial charge in [0.15, 0.2) is 0 Å². The maximum Gasteiger partial charge on any atom is 0.311 e. The molecule has 2 amide bonds. The average Bonchev–Trinajstić information content (AvgIpc) is 2.98. The number of furan rings is 1.